The van der Waals surface area contributed by atoms with Gasteiger partial charge in [0.05, 0.1) is 5.69 Å². The first kappa shape index (κ1) is 18.7. The third-order valence-electron chi connectivity index (χ3n) is 3.92. The first-order valence-electron chi connectivity index (χ1n) is 8.56. The third kappa shape index (κ3) is 4.12. The van der Waals surface area contributed by atoms with E-state index in [4.69, 9.17) is 33.7 Å². The van der Waals surface area contributed by atoms with E-state index in [1.807, 2.05) is 91.0 Å². The Bertz CT molecular complexity index is 1040. The van der Waals surface area contributed by atoms with Gasteiger partial charge >= 0.3 is 0 Å². The highest BCUT2D eigenvalue weighted by Crippen LogP contribution is 2.40. The summed E-state index contributed by atoms with van der Waals surface area (Å²) in [6.07, 6.45) is 0. The van der Waals surface area contributed by atoms with Gasteiger partial charge in [0, 0.05) is 5.56 Å². The molecule has 3 nitrogen and oxygen atoms in total. The zero-order valence-electron chi connectivity index (χ0n) is 14.7. The molecule has 6 heteroatoms. The third-order valence-corrected chi connectivity index (χ3v) is 5.86. The van der Waals surface area contributed by atoms with Gasteiger partial charge in [-0.2, -0.15) is 5.10 Å². The van der Waals surface area contributed by atoms with E-state index in [0.29, 0.717) is 15.8 Å². The molecular formula is C22H15ClN2OS2. The molecule has 3 aromatic rings. The Morgan fingerprint density at radius 2 is 1.43 bits per heavy atom. The normalized spacial score (nSPS) is 15.2. The van der Waals surface area contributed by atoms with Crippen molar-refractivity contribution in [3.63, 3.8) is 0 Å². The van der Waals surface area contributed by atoms with Crippen molar-refractivity contribution < 1.29 is 4.74 Å². The number of thioether (sulfide) groups is 1. The number of hydrazone groups is 1. The van der Waals surface area contributed by atoms with Gasteiger partial charge in [-0.1, -0.05) is 78.3 Å². The van der Waals surface area contributed by atoms with Crippen LogP contribution in [0.5, 0.6) is 5.75 Å². The highest BCUT2D eigenvalue weighted by atomic mass is 35.5. The highest BCUT2D eigenvalue weighted by molar-refractivity contribution is 8.18. The van der Waals surface area contributed by atoms with Crippen molar-refractivity contribution in [3.05, 3.63) is 107 Å². The minimum Gasteiger partial charge on any atom is -0.444 e. The number of nitrogens with zero attached hydrogens (tertiary/aromatic N) is 2. The zero-order chi connectivity index (χ0) is 19.3. The lowest BCUT2D eigenvalue weighted by molar-refractivity contribution is 0.567. The molecule has 1 aliphatic heterocycles. The fourth-order valence-corrected chi connectivity index (χ4v) is 4.06. The van der Waals surface area contributed by atoms with Crippen molar-refractivity contribution in [2.45, 2.75) is 0 Å². The predicted molar refractivity (Wildman–Crippen MR) is 122 cm³/mol. The van der Waals surface area contributed by atoms with Crippen LogP contribution in [0, 0.1) is 0 Å². The number of hydrogen-bond donors (Lipinski definition) is 0. The maximum atomic E-state index is 6.66. The minimum absolute atomic E-state index is 0.209. The lowest BCUT2D eigenvalue weighted by Gasteiger charge is -2.17. The number of ether oxygens (including phenoxy) is 1. The van der Waals surface area contributed by atoms with Crippen molar-refractivity contribution in [1.82, 2.24) is 0 Å². The molecule has 0 atom stereocenters. The maximum Gasteiger partial charge on any atom is 0.212 e. The van der Waals surface area contributed by atoms with Crippen molar-refractivity contribution in [3.8, 4) is 5.75 Å². The topological polar surface area (TPSA) is 24.8 Å². The van der Waals surface area contributed by atoms with Gasteiger partial charge < -0.3 is 4.74 Å². The van der Waals surface area contributed by atoms with Crippen molar-refractivity contribution in [2.24, 2.45) is 5.10 Å². The molecule has 4 rings (SSSR count). The molecule has 138 valence electrons. The summed E-state index contributed by atoms with van der Waals surface area (Å²) in [5.41, 5.74) is 1.92. The van der Waals surface area contributed by atoms with Crippen LogP contribution in [0.3, 0.4) is 0 Å². The SMILES string of the molecule is S=C(Oc1ccccc1)C(Cl)=C1SC(c2ccccc2)=NN1c1ccccc1. The van der Waals surface area contributed by atoms with E-state index in [1.165, 1.54) is 11.8 Å². The Balaban J connectivity index is 1.69. The van der Waals surface area contributed by atoms with Crippen LogP contribution in [0.25, 0.3) is 0 Å². The van der Waals surface area contributed by atoms with Crippen LogP contribution in [-0.4, -0.2) is 10.1 Å². The summed E-state index contributed by atoms with van der Waals surface area (Å²) in [4.78, 5) is 0. The number of anilines is 1. The van der Waals surface area contributed by atoms with Crippen LogP contribution >= 0.6 is 35.6 Å². The van der Waals surface area contributed by atoms with Gasteiger partial charge in [-0.25, -0.2) is 5.01 Å². The second-order valence-corrected chi connectivity index (χ2v) is 7.57. The summed E-state index contributed by atoms with van der Waals surface area (Å²) in [7, 11) is 0. The monoisotopic (exact) mass is 422 g/mol. The van der Waals surface area contributed by atoms with E-state index in [1.54, 1.807) is 5.01 Å². The van der Waals surface area contributed by atoms with Crippen LogP contribution in [0.4, 0.5) is 5.69 Å². The number of hydrogen-bond acceptors (Lipinski definition) is 5. The number of thiocarbonyl (C=S) groups is 1. The van der Waals surface area contributed by atoms with Gasteiger partial charge in [0.2, 0.25) is 5.05 Å². The van der Waals surface area contributed by atoms with Crippen LogP contribution < -0.4 is 9.75 Å². The van der Waals surface area contributed by atoms with Gasteiger partial charge in [0.25, 0.3) is 0 Å². The van der Waals surface area contributed by atoms with Crippen molar-refractivity contribution in [2.75, 3.05) is 5.01 Å². The Morgan fingerprint density at radius 1 is 0.857 bits per heavy atom. The summed E-state index contributed by atoms with van der Waals surface area (Å²) in [6.45, 7) is 0. The second kappa shape index (κ2) is 8.61. The van der Waals surface area contributed by atoms with Gasteiger partial charge in [0.1, 0.15) is 20.9 Å². The molecule has 1 aliphatic rings. The largest absolute Gasteiger partial charge is 0.444 e. The Morgan fingerprint density at radius 3 is 2.07 bits per heavy atom. The summed E-state index contributed by atoms with van der Waals surface area (Å²) < 4.78 is 5.76. The van der Waals surface area contributed by atoms with Crippen LogP contribution in [-0.2, 0) is 0 Å². The molecule has 0 N–H and O–H groups in total. The quantitative estimate of drug-likeness (QED) is 0.358. The minimum atomic E-state index is 0.209. The lowest BCUT2D eigenvalue weighted by Crippen LogP contribution is -2.15. The summed E-state index contributed by atoms with van der Waals surface area (Å²) in [5.74, 6) is 0.643. The molecule has 0 aliphatic carbocycles. The first-order valence-corrected chi connectivity index (χ1v) is 10.2. The van der Waals surface area contributed by atoms with Crippen LogP contribution in [0.2, 0.25) is 0 Å². The van der Waals surface area contributed by atoms with E-state index in [0.717, 1.165) is 16.3 Å². The molecule has 0 spiro atoms. The molecule has 0 saturated heterocycles. The zero-order valence-corrected chi connectivity index (χ0v) is 17.0. The molecule has 0 amide bonds. The maximum absolute atomic E-state index is 6.66. The molecule has 0 saturated carbocycles. The van der Waals surface area contributed by atoms with Crippen LogP contribution in [0.15, 0.2) is 106 Å². The molecule has 0 unspecified atom stereocenters. The molecule has 3 aromatic carbocycles. The summed E-state index contributed by atoms with van der Waals surface area (Å²) in [6, 6.07) is 29.2. The van der Waals surface area contributed by atoms with Gasteiger partial charge in [0.15, 0.2) is 0 Å². The van der Waals surface area contributed by atoms with Gasteiger partial charge in [-0.15, -0.1) is 0 Å². The standard InChI is InChI=1S/C22H15ClN2OS2/c23-19(22(27)26-18-14-8-3-9-15-18)21-25(17-12-6-2-7-13-17)24-20(28-21)16-10-4-1-5-11-16/h1-15H. The van der Waals surface area contributed by atoms with E-state index in [-0.39, 0.29) is 5.05 Å². The van der Waals surface area contributed by atoms with Gasteiger partial charge in [-0.3, -0.25) is 0 Å². The summed E-state index contributed by atoms with van der Waals surface area (Å²) >= 11 is 13.6. The van der Waals surface area contributed by atoms with E-state index >= 15 is 0 Å². The fraction of sp³-hybridized carbons (Fsp3) is 0. The molecule has 0 radical (unpaired) electrons. The molecule has 1 heterocycles. The average Bonchev–Trinajstić information content (AvgIpc) is 3.20. The average molecular weight is 423 g/mol. The Labute approximate surface area is 178 Å². The number of benzene rings is 3. The second-order valence-electron chi connectivity index (χ2n) is 5.84. The molecule has 28 heavy (non-hydrogen) atoms. The van der Waals surface area contributed by atoms with E-state index in [2.05, 4.69) is 0 Å². The van der Waals surface area contributed by atoms with Crippen molar-refractivity contribution >= 4 is 51.4 Å². The van der Waals surface area contributed by atoms with E-state index in [9.17, 15) is 0 Å². The first-order chi connectivity index (χ1) is 13.7. The molecule has 0 fully saturated rings. The van der Waals surface area contributed by atoms with Crippen LogP contribution in [0.1, 0.15) is 5.56 Å². The number of para-hydroxylation sites is 2. The lowest BCUT2D eigenvalue weighted by atomic mass is 10.2. The van der Waals surface area contributed by atoms with E-state index < -0.39 is 0 Å². The smallest absolute Gasteiger partial charge is 0.212 e. The molecular weight excluding hydrogens is 408 g/mol. The Kier molecular flexibility index (Phi) is 5.76. The Hall–Kier alpha value is -2.60. The summed E-state index contributed by atoms with van der Waals surface area (Å²) in [5, 5.41) is 8.70. The highest BCUT2D eigenvalue weighted by Gasteiger charge is 2.28. The predicted octanol–water partition coefficient (Wildman–Crippen LogP) is 6.42. The van der Waals surface area contributed by atoms with Crippen molar-refractivity contribution in [1.29, 1.82) is 0 Å². The number of halogens is 1. The molecule has 0 bridgehead atoms. The molecule has 0 aromatic heterocycles. The number of rotatable bonds is 4. The fourth-order valence-electron chi connectivity index (χ4n) is 2.60. The van der Waals surface area contributed by atoms with Gasteiger partial charge in [-0.05, 0) is 48.2 Å².